The number of anilines is 2. The molecule has 1 saturated heterocycles. The van der Waals surface area contributed by atoms with Gasteiger partial charge in [0, 0.05) is 32.7 Å². The second-order valence-corrected chi connectivity index (χ2v) is 5.12. The highest BCUT2D eigenvalue weighted by molar-refractivity contribution is 5.38. The average molecular weight is 280 g/mol. The fourth-order valence-corrected chi connectivity index (χ4v) is 2.09. The summed E-state index contributed by atoms with van der Waals surface area (Å²) in [4.78, 5) is 17.6. The van der Waals surface area contributed by atoms with Crippen LogP contribution in [0, 0.1) is 0 Å². The highest BCUT2D eigenvalue weighted by Crippen LogP contribution is 2.18. The molecule has 0 spiro atoms. The first-order valence-electron chi connectivity index (χ1n) is 7.15. The fourth-order valence-electron chi connectivity index (χ4n) is 2.09. The summed E-state index contributed by atoms with van der Waals surface area (Å²) >= 11 is 0. The summed E-state index contributed by atoms with van der Waals surface area (Å²) in [6.45, 7) is 7.72. The van der Waals surface area contributed by atoms with Crippen molar-refractivity contribution in [1.82, 2.24) is 19.9 Å². The van der Waals surface area contributed by atoms with Gasteiger partial charge in [0.05, 0.1) is 6.61 Å². The van der Waals surface area contributed by atoms with E-state index in [0.29, 0.717) is 30.6 Å². The zero-order chi connectivity index (χ0) is 14.5. The van der Waals surface area contributed by atoms with E-state index in [-0.39, 0.29) is 0 Å². The normalized spacial score (nSPS) is 20.0. The SMILES string of the molecule is CCCOc1nc(NC)nc(N2CCN(C)C(C)C2)n1. The Labute approximate surface area is 120 Å². The van der Waals surface area contributed by atoms with Gasteiger partial charge < -0.3 is 19.9 Å². The Balaban J connectivity index is 2.17. The van der Waals surface area contributed by atoms with Crippen LogP contribution in [0.3, 0.4) is 0 Å². The van der Waals surface area contributed by atoms with Crippen molar-refractivity contribution in [3.63, 3.8) is 0 Å². The maximum atomic E-state index is 5.54. The minimum Gasteiger partial charge on any atom is -0.463 e. The molecule has 0 aromatic carbocycles. The molecular weight excluding hydrogens is 256 g/mol. The third kappa shape index (κ3) is 3.47. The number of aromatic nitrogens is 3. The second-order valence-electron chi connectivity index (χ2n) is 5.12. The smallest absolute Gasteiger partial charge is 0.323 e. The highest BCUT2D eigenvalue weighted by atomic mass is 16.5. The van der Waals surface area contributed by atoms with Gasteiger partial charge in [-0.25, -0.2) is 0 Å². The van der Waals surface area contributed by atoms with Gasteiger partial charge in [0.15, 0.2) is 0 Å². The summed E-state index contributed by atoms with van der Waals surface area (Å²) in [6, 6.07) is 0.881. The van der Waals surface area contributed by atoms with E-state index in [4.69, 9.17) is 4.74 Å². The third-order valence-electron chi connectivity index (χ3n) is 3.50. The maximum absolute atomic E-state index is 5.54. The molecule has 0 saturated carbocycles. The van der Waals surface area contributed by atoms with Crippen LogP contribution >= 0.6 is 0 Å². The van der Waals surface area contributed by atoms with Crippen molar-refractivity contribution in [2.45, 2.75) is 26.3 Å². The molecular formula is C13H24N6O. The van der Waals surface area contributed by atoms with Crippen LogP contribution in [0.5, 0.6) is 6.01 Å². The monoisotopic (exact) mass is 280 g/mol. The van der Waals surface area contributed by atoms with Gasteiger partial charge in [0.2, 0.25) is 11.9 Å². The molecule has 1 aromatic rings. The molecule has 1 fully saturated rings. The lowest BCUT2D eigenvalue weighted by Crippen LogP contribution is -2.50. The van der Waals surface area contributed by atoms with Crippen molar-refractivity contribution in [3.05, 3.63) is 0 Å². The zero-order valence-electron chi connectivity index (χ0n) is 12.8. The van der Waals surface area contributed by atoms with Crippen LogP contribution in [0.25, 0.3) is 0 Å². The molecule has 7 nitrogen and oxygen atoms in total. The molecule has 20 heavy (non-hydrogen) atoms. The summed E-state index contributed by atoms with van der Waals surface area (Å²) in [5.41, 5.74) is 0. The van der Waals surface area contributed by atoms with E-state index in [2.05, 4.69) is 51.0 Å². The van der Waals surface area contributed by atoms with Crippen LogP contribution in [0.4, 0.5) is 11.9 Å². The molecule has 0 amide bonds. The Morgan fingerprint density at radius 1 is 1.30 bits per heavy atom. The summed E-state index contributed by atoms with van der Waals surface area (Å²) in [5, 5.41) is 2.96. The van der Waals surface area contributed by atoms with Crippen LogP contribution in [-0.4, -0.2) is 66.2 Å². The van der Waals surface area contributed by atoms with Crippen LogP contribution in [0.15, 0.2) is 0 Å². The van der Waals surface area contributed by atoms with E-state index in [1.165, 1.54) is 0 Å². The van der Waals surface area contributed by atoms with Crippen molar-refractivity contribution >= 4 is 11.9 Å². The molecule has 1 atom stereocenters. The Hall–Kier alpha value is -1.63. The van der Waals surface area contributed by atoms with Crippen molar-refractivity contribution in [2.24, 2.45) is 0 Å². The molecule has 0 bridgehead atoms. The molecule has 1 aromatic heterocycles. The summed E-state index contributed by atoms with van der Waals surface area (Å²) in [5.74, 6) is 1.24. The fraction of sp³-hybridized carbons (Fsp3) is 0.769. The molecule has 2 rings (SSSR count). The van der Waals surface area contributed by atoms with Crippen molar-refractivity contribution in [1.29, 1.82) is 0 Å². The van der Waals surface area contributed by atoms with E-state index in [1.807, 2.05) is 0 Å². The van der Waals surface area contributed by atoms with E-state index in [1.54, 1.807) is 7.05 Å². The summed E-state index contributed by atoms with van der Waals surface area (Å²) in [6.07, 6.45) is 0.932. The van der Waals surface area contributed by atoms with Gasteiger partial charge in [-0.15, -0.1) is 0 Å². The molecule has 1 aliphatic rings. The number of piperazine rings is 1. The van der Waals surface area contributed by atoms with Gasteiger partial charge in [0.25, 0.3) is 0 Å². The van der Waals surface area contributed by atoms with Crippen LogP contribution in [0.1, 0.15) is 20.3 Å². The standard InChI is InChI=1S/C13H24N6O/c1-5-8-20-13-16-11(14-3)15-12(17-13)19-7-6-18(4)10(2)9-19/h10H,5-9H2,1-4H3,(H,14,15,16,17). The van der Waals surface area contributed by atoms with Gasteiger partial charge in [-0.3, -0.25) is 0 Å². The number of hydrogen-bond acceptors (Lipinski definition) is 7. The van der Waals surface area contributed by atoms with Gasteiger partial charge in [-0.2, -0.15) is 15.0 Å². The van der Waals surface area contributed by atoms with E-state index in [9.17, 15) is 0 Å². The van der Waals surface area contributed by atoms with Gasteiger partial charge in [-0.1, -0.05) is 6.92 Å². The quantitative estimate of drug-likeness (QED) is 0.857. The topological polar surface area (TPSA) is 66.4 Å². The van der Waals surface area contributed by atoms with Crippen molar-refractivity contribution < 1.29 is 4.74 Å². The number of rotatable bonds is 5. The first-order valence-corrected chi connectivity index (χ1v) is 7.15. The number of hydrogen-bond donors (Lipinski definition) is 1. The van der Waals surface area contributed by atoms with Crippen LogP contribution in [0.2, 0.25) is 0 Å². The predicted molar refractivity (Wildman–Crippen MR) is 79.5 cm³/mol. The van der Waals surface area contributed by atoms with E-state index < -0.39 is 0 Å². The Kier molecular flexibility index (Phi) is 4.94. The molecule has 0 aliphatic carbocycles. The Morgan fingerprint density at radius 3 is 2.75 bits per heavy atom. The van der Waals surface area contributed by atoms with E-state index in [0.717, 1.165) is 26.1 Å². The Morgan fingerprint density at radius 2 is 2.10 bits per heavy atom. The number of ether oxygens (including phenoxy) is 1. The second kappa shape index (κ2) is 6.69. The van der Waals surface area contributed by atoms with Gasteiger partial charge >= 0.3 is 6.01 Å². The van der Waals surface area contributed by atoms with Crippen LogP contribution < -0.4 is 15.0 Å². The molecule has 7 heteroatoms. The number of likely N-dealkylation sites (N-methyl/N-ethyl adjacent to an activating group) is 1. The van der Waals surface area contributed by atoms with Crippen molar-refractivity contribution in [2.75, 3.05) is 50.6 Å². The molecule has 0 radical (unpaired) electrons. The molecule has 2 heterocycles. The molecule has 1 aliphatic heterocycles. The zero-order valence-corrected chi connectivity index (χ0v) is 12.8. The average Bonchev–Trinajstić information content (AvgIpc) is 2.47. The lowest BCUT2D eigenvalue weighted by atomic mass is 10.2. The molecule has 1 unspecified atom stereocenters. The number of nitrogens with zero attached hydrogens (tertiary/aromatic N) is 5. The first-order chi connectivity index (χ1) is 9.63. The molecule has 1 N–H and O–H groups in total. The summed E-state index contributed by atoms with van der Waals surface area (Å²) in [7, 11) is 3.94. The van der Waals surface area contributed by atoms with Crippen LogP contribution in [-0.2, 0) is 0 Å². The first kappa shape index (κ1) is 14.8. The minimum atomic E-state index is 0.396. The lowest BCUT2D eigenvalue weighted by molar-refractivity contribution is 0.232. The van der Waals surface area contributed by atoms with Crippen molar-refractivity contribution in [3.8, 4) is 6.01 Å². The molecule has 112 valence electrons. The third-order valence-corrected chi connectivity index (χ3v) is 3.50. The predicted octanol–water partition coefficient (Wildman–Crippen LogP) is 0.842. The van der Waals surface area contributed by atoms with Gasteiger partial charge in [-0.05, 0) is 20.4 Å². The lowest BCUT2D eigenvalue weighted by Gasteiger charge is -2.37. The largest absolute Gasteiger partial charge is 0.463 e. The number of nitrogens with one attached hydrogen (secondary N) is 1. The van der Waals surface area contributed by atoms with Gasteiger partial charge in [0.1, 0.15) is 0 Å². The minimum absolute atomic E-state index is 0.396. The maximum Gasteiger partial charge on any atom is 0.323 e. The summed E-state index contributed by atoms with van der Waals surface area (Å²) < 4.78 is 5.54. The Bertz CT molecular complexity index is 441. The highest BCUT2D eigenvalue weighted by Gasteiger charge is 2.23. The van der Waals surface area contributed by atoms with E-state index >= 15 is 0 Å².